The fraction of sp³-hybridized carbons (Fsp3) is 0.469. The number of carbonyl (C=O) groups excluding carboxylic acids is 2. The molecule has 3 aromatic rings. The summed E-state index contributed by atoms with van der Waals surface area (Å²) in [7, 11) is 0. The lowest BCUT2D eigenvalue weighted by Gasteiger charge is -2.32. The molecule has 2 aromatic heterocycles. The van der Waals surface area contributed by atoms with E-state index in [9.17, 15) is 35.9 Å². The number of amides is 1. The van der Waals surface area contributed by atoms with Crippen LogP contribution in [0.15, 0.2) is 42.7 Å². The van der Waals surface area contributed by atoms with Crippen molar-refractivity contribution in [2.45, 2.75) is 76.5 Å². The van der Waals surface area contributed by atoms with E-state index in [0.717, 1.165) is 50.0 Å². The van der Waals surface area contributed by atoms with Gasteiger partial charge in [0.2, 0.25) is 5.91 Å². The number of aliphatic carboxylic acids is 2. The fourth-order valence-corrected chi connectivity index (χ4v) is 5.48. The monoisotopic (exact) mass is 745 g/mol. The first-order valence-electron chi connectivity index (χ1n) is 15.9. The highest BCUT2D eigenvalue weighted by atomic mass is 19.4. The molecule has 14 nitrogen and oxygen atoms in total. The molecule has 6 N–H and O–H groups in total. The van der Waals surface area contributed by atoms with Crippen molar-refractivity contribution in [3.63, 3.8) is 0 Å². The van der Waals surface area contributed by atoms with Gasteiger partial charge < -0.3 is 35.5 Å². The number of ether oxygens (including phenoxy) is 1. The van der Waals surface area contributed by atoms with Gasteiger partial charge in [-0.25, -0.2) is 14.6 Å². The van der Waals surface area contributed by atoms with Crippen LogP contribution in [0.1, 0.15) is 56.3 Å². The molecule has 1 amide bonds. The number of pyridine rings is 1. The minimum absolute atomic E-state index is 0.0236. The number of nitrogen functional groups attached to an aromatic ring is 1. The molecule has 0 unspecified atom stereocenters. The molecule has 1 aliphatic heterocycles. The molecule has 2 aliphatic rings. The van der Waals surface area contributed by atoms with Gasteiger partial charge in [-0.2, -0.15) is 26.3 Å². The number of alkyl halides is 6. The van der Waals surface area contributed by atoms with Crippen LogP contribution in [0.25, 0.3) is 11.0 Å². The first-order valence-corrected chi connectivity index (χ1v) is 15.9. The number of esters is 1. The molecule has 5 rings (SSSR count). The molecular formula is C32H37F6N7O7. The van der Waals surface area contributed by atoms with Gasteiger partial charge in [0.1, 0.15) is 24.8 Å². The topological polar surface area (TPSA) is 214 Å². The van der Waals surface area contributed by atoms with Gasteiger partial charge in [0.25, 0.3) is 0 Å². The summed E-state index contributed by atoms with van der Waals surface area (Å²) in [6.07, 6.45) is 0.297. The van der Waals surface area contributed by atoms with Crippen LogP contribution in [0.3, 0.4) is 0 Å². The zero-order valence-electron chi connectivity index (χ0n) is 27.5. The summed E-state index contributed by atoms with van der Waals surface area (Å²) >= 11 is 0. The SMILES string of the molecule is N=C(N)c1ccc2c(c1)nc(COC(=O)C1CCN(c3ccncc3)CC1)n2CC(=O)NC1CCCCC1.O=C(O)C(F)(F)F.O=C(O)C(F)(F)F. The molecule has 0 atom stereocenters. The van der Waals surface area contributed by atoms with Crippen LogP contribution < -0.4 is 16.0 Å². The minimum Gasteiger partial charge on any atom is -0.475 e. The van der Waals surface area contributed by atoms with Crippen LogP contribution in [0, 0.1) is 11.3 Å². The summed E-state index contributed by atoms with van der Waals surface area (Å²) in [6, 6.07) is 9.44. The van der Waals surface area contributed by atoms with Gasteiger partial charge in [0.15, 0.2) is 0 Å². The quantitative estimate of drug-likeness (QED) is 0.0944. The lowest BCUT2D eigenvalue weighted by Crippen LogP contribution is -2.38. The second-order valence-corrected chi connectivity index (χ2v) is 11.8. The number of fused-ring (bicyclic) bond motifs is 1. The molecule has 3 heterocycles. The number of carbonyl (C=O) groups is 4. The Labute approximate surface area is 292 Å². The summed E-state index contributed by atoms with van der Waals surface area (Å²) < 4.78 is 71.0. The number of imidazole rings is 1. The van der Waals surface area contributed by atoms with E-state index in [1.165, 1.54) is 6.42 Å². The molecule has 52 heavy (non-hydrogen) atoms. The van der Waals surface area contributed by atoms with E-state index in [1.54, 1.807) is 29.1 Å². The maximum absolute atomic E-state index is 13.0. The molecule has 20 heteroatoms. The third-order valence-corrected chi connectivity index (χ3v) is 8.09. The highest BCUT2D eigenvalue weighted by Crippen LogP contribution is 2.25. The Morgan fingerprint density at radius 2 is 1.46 bits per heavy atom. The standard InChI is InChI=1S/C28H35N7O3.2C2HF3O2/c29-27(30)20-6-7-24-23(16-20)33-25(35(24)17-26(36)32-21-4-2-1-3-5-21)18-38-28(37)19-10-14-34(15-11-19)22-8-12-31-13-9-22;2*3-2(4,5)1(6)7/h6-9,12-13,16,19,21H,1-5,10-11,14-15,17-18H2,(H3,29,30)(H,32,36);2*(H,6,7). The van der Waals surface area contributed by atoms with Crippen molar-refractivity contribution in [3.05, 3.63) is 54.1 Å². The van der Waals surface area contributed by atoms with Crippen LogP contribution in [-0.4, -0.2) is 85.9 Å². The molecular weight excluding hydrogens is 708 g/mol. The first-order chi connectivity index (χ1) is 24.4. The molecule has 1 saturated heterocycles. The minimum atomic E-state index is -5.08. The fourth-order valence-electron chi connectivity index (χ4n) is 5.48. The molecule has 2 fully saturated rings. The predicted octanol–water partition coefficient (Wildman–Crippen LogP) is 4.39. The second-order valence-electron chi connectivity index (χ2n) is 11.8. The second kappa shape index (κ2) is 18.2. The van der Waals surface area contributed by atoms with Crippen molar-refractivity contribution in [2.75, 3.05) is 18.0 Å². The number of halogens is 6. The molecule has 1 aromatic carbocycles. The van der Waals surface area contributed by atoms with Crippen molar-refractivity contribution in [1.29, 1.82) is 5.41 Å². The van der Waals surface area contributed by atoms with E-state index in [2.05, 4.69) is 20.2 Å². The van der Waals surface area contributed by atoms with Gasteiger partial charge in [0.05, 0.1) is 17.0 Å². The van der Waals surface area contributed by atoms with Gasteiger partial charge in [-0.05, 0) is 56.0 Å². The Morgan fingerprint density at radius 1 is 0.904 bits per heavy atom. The van der Waals surface area contributed by atoms with Crippen LogP contribution >= 0.6 is 0 Å². The zero-order valence-corrected chi connectivity index (χ0v) is 27.5. The maximum atomic E-state index is 13.0. The number of rotatable bonds is 8. The Kier molecular flexibility index (Phi) is 14.3. The smallest absolute Gasteiger partial charge is 0.475 e. The first kappa shape index (κ1) is 41.0. The van der Waals surface area contributed by atoms with E-state index >= 15 is 0 Å². The molecule has 1 saturated carbocycles. The number of nitrogens with one attached hydrogen (secondary N) is 2. The summed E-state index contributed by atoms with van der Waals surface area (Å²) in [6.45, 7) is 1.61. The third-order valence-electron chi connectivity index (χ3n) is 8.09. The van der Waals surface area contributed by atoms with Gasteiger partial charge in [-0.15, -0.1) is 0 Å². The number of aromatic nitrogens is 3. The van der Waals surface area contributed by atoms with Crippen LogP contribution in [0.2, 0.25) is 0 Å². The van der Waals surface area contributed by atoms with Gasteiger partial charge in [-0.1, -0.05) is 19.3 Å². The number of nitrogens with zero attached hydrogens (tertiary/aromatic N) is 4. The number of carboxylic acids is 2. The molecule has 0 spiro atoms. The summed E-state index contributed by atoms with van der Waals surface area (Å²) in [5.74, 6) is -5.56. The Hall–Kier alpha value is -5.43. The van der Waals surface area contributed by atoms with Crippen LogP contribution in [-0.2, 0) is 37.1 Å². The third kappa shape index (κ3) is 12.4. The molecule has 1 aliphatic carbocycles. The predicted molar refractivity (Wildman–Crippen MR) is 172 cm³/mol. The van der Waals surface area contributed by atoms with E-state index in [-0.39, 0.29) is 42.8 Å². The number of benzene rings is 1. The average Bonchev–Trinajstić information content (AvgIpc) is 3.43. The highest BCUT2D eigenvalue weighted by molar-refractivity contribution is 5.98. The zero-order chi connectivity index (χ0) is 38.6. The Balaban J connectivity index is 0.000000441. The summed E-state index contributed by atoms with van der Waals surface area (Å²) in [4.78, 5) is 54.7. The summed E-state index contributed by atoms with van der Waals surface area (Å²) in [5.41, 5.74) is 8.69. The van der Waals surface area contributed by atoms with E-state index in [1.807, 2.05) is 18.2 Å². The van der Waals surface area contributed by atoms with Crippen LogP contribution in [0.5, 0.6) is 0 Å². The number of hydrogen-bond acceptors (Lipinski definition) is 9. The maximum Gasteiger partial charge on any atom is 0.490 e. The number of nitrogens with two attached hydrogens (primary N) is 1. The molecule has 0 radical (unpaired) electrons. The van der Waals surface area contributed by atoms with Crippen molar-refractivity contribution >= 4 is 46.4 Å². The van der Waals surface area contributed by atoms with Gasteiger partial charge in [0, 0.05) is 42.8 Å². The number of hydrogen-bond donors (Lipinski definition) is 5. The van der Waals surface area contributed by atoms with Crippen molar-refractivity contribution in [1.82, 2.24) is 19.9 Å². The number of carboxylic acid groups (broad SMARTS) is 2. The Morgan fingerprint density at radius 3 is 1.98 bits per heavy atom. The summed E-state index contributed by atoms with van der Waals surface area (Å²) in [5, 5.41) is 25.2. The molecule has 284 valence electrons. The average molecular weight is 746 g/mol. The molecule has 0 bridgehead atoms. The van der Waals surface area contributed by atoms with E-state index in [0.29, 0.717) is 29.7 Å². The lowest BCUT2D eigenvalue weighted by molar-refractivity contribution is -0.193. The Bertz CT molecular complexity index is 1680. The number of amidine groups is 1. The highest BCUT2D eigenvalue weighted by Gasteiger charge is 2.39. The van der Waals surface area contributed by atoms with Crippen LogP contribution in [0.4, 0.5) is 32.0 Å². The number of piperidine rings is 1. The normalized spacial score (nSPS) is 15.4. The largest absolute Gasteiger partial charge is 0.490 e. The van der Waals surface area contributed by atoms with Crippen molar-refractivity contribution < 1.29 is 60.5 Å². The number of anilines is 1. The lowest BCUT2D eigenvalue weighted by atomic mass is 9.95. The van der Waals surface area contributed by atoms with Crippen molar-refractivity contribution in [2.24, 2.45) is 11.7 Å². The van der Waals surface area contributed by atoms with Crippen molar-refractivity contribution in [3.8, 4) is 0 Å². The van der Waals surface area contributed by atoms with Gasteiger partial charge >= 0.3 is 30.3 Å². The van der Waals surface area contributed by atoms with E-state index in [4.69, 9.17) is 35.7 Å². The van der Waals surface area contributed by atoms with E-state index < -0.39 is 24.3 Å². The van der Waals surface area contributed by atoms with Gasteiger partial charge in [-0.3, -0.25) is 20.0 Å².